The van der Waals surface area contributed by atoms with Crippen molar-refractivity contribution in [2.24, 2.45) is 0 Å². The van der Waals surface area contributed by atoms with Crippen LogP contribution in [0.5, 0.6) is 0 Å². The Balaban J connectivity index is 1.68. The van der Waals surface area contributed by atoms with Crippen LogP contribution < -0.4 is 0 Å². The summed E-state index contributed by atoms with van der Waals surface area (Å²) in [4.78, 5) is 1.14. The van der Waals surface area contributed by atoms with Gasteiger partial charge in [-0.25, -0.2) is 0 Å². The van der Waals surface area contributed by atoms with Crippen LogP contribution in [0.25, 0.3) is 4.91 Å². The van der Waals surface area contributed by atoms with Crippen molar-refractivity contribution in [2.75, 3.05) is 0 Å². The van der Waals surface area contributed by atoms with Gasteiger partial charge in [0.15, 0.2) is 0 Å². The number of hydrogen-bond donors (Lipinski definition) is 0. The SMILES string of the molecule is C=C(S/C=C(\C)Cc1cc(C)c(I)cc1C)c1ccc2c(c1)CCCC2C. The highest BCUT2D eigenvalue weighted by atomic mass is 127. The standard InChI is InChI=1S/C25H29IS/c1-16(11-23-12-19(4)25(26)13-18(23)3)15-27-20(5)21-9-10-24-17(2)7-6-8-22(24)14-21/h9-10,12-15,17H,5-8,11H2,1-4H3/b16-15+. The first kappa shape index (κ1) is 20.7. The number of allylic oxidation sites excluding steroid dienone is 1. The third-order valence-corrected chi connectivity index (χ3v) is 7.77. The van der Waals surface area contributed by atoms with Crippen molar-refractivity contribution in [1.29, 1.82) is 0 Å². The van der Waals surface area contributed by atoms with Gasteiger partial charge < -0.3 is 0 Å². The zero-order valence-corrected chi connectivity index (χ0v) is 19.8. The molecule has 142 valence electrons. The first-order valence-electron chi connectivity index (χ1n) is 9.75. The van der Waals surface area contributed by atoms with E-state index in [1.54, 1.807) is 17.3 Å². The van der Waals surface area contributed by atoms with Crippen molar-refractivity contribution in [3.05, 3.63) is 84.8 Å². The maximum atomic E-state index is 4.33. The molecule has 1 aliphatic rings. The first-order valence-corrected chi connectivity index (χ1v) is 11.7. The molecule has 2 aromatic carbocycles. The van der Waals surface area contributed by atoms with Crippen LogP contribution in [0.2, 0.25) is 0 Å². The topological polar surface area (TPSA) is 0 Å². The van der Waals surface area contributed by atoms with E-state index < -0.39 is 0 Å². The predicted octanol–water partition coefficient (Wildman–Crippen LogP) is 8.20. The molecule has 0 spiro atoms. The van der Waals surface area contributed by atoms with Crippen LogP contribution in [0.15, 0.2) is 47.9 Å². The molecule has 3 rings (SSSR count). The molecular weight excluding hydrogens is 459 g/mol. The second-order valence-electron chi connectivity index (χ2n) is 7.92. The second-order valence-corrected chi connectivity index (χ2v) is 10.0. The number of thioether (sulfide) groups is 1. The highest BCUT2D eigenvalue weighted by Gasteiger charge is 2.16. The molecule has 0 bridgehead atoms. The minimum Gasteiger partial charge on any atom is -0.0981 e. The Hall–Kier alpha value is -1.00. The van der Waals surface area contributed by atoms with Gasteiger partial charge >= 0.3 is 0 Å². The van der Waals surface area contributed by atoms with Gasteiger partial charge in [0.05, 0.1) is 0 Å². The third kappa shape index (κ3) is 5.08. The zero-order valence-electron chi connectivity index (χ0n) is 16.9. The fraction of sp³-hybridized carbons (Fsp3) is 0.360. The van der Waals surface area contributed by atoms with Crippen LogP contribution in [-0.4, -0.2) is 0 Å². The summed E-state index contributed by atoms with van der Waals surface area (Å²) in [6.07, 6.45) is 4.85. The zero-order chi connectivity index (χ0) is 19.6. The molecule has 0 aromatic heterocycles. The van der Waals surface area contributed by atoms with Gasteiger partial charge in [-0.3, -0.25) is 0 Å². The van der Waals surface area contributed by atoms with E-state index in [1.807, 2.05) is 0 Å². The van der Waals surface area contributed by atoms with Gasteiger partial charge in [-0.2, -0.15) is 0 Å². The molecule has 0 saturated carbocycles. The highest BCUT2D eigenvalue weighted by molar-refractivity contribution is 14.1. The smallest absolute Gasteiger partial charge is 0.0162 e. The summed E-state index contributed by atoms with van der Waals surface area (Å²) in [7, 11) is 0. The molecule has 0 fully saturated rings. The van der Waals surface area contributed by atoms with E-state index in [2.05, 4.69) is 92.6 Å². The molecule has 0 amide bonds. The second kappa shape index (κ2) is 9.00. The van der Waals surface area contributed by atoms with E-state index in [0.29, 0.717) is 5.92 Å². The molecule has 0 saturated heterocycles. The minimum absolute atomic E-state index is 0.700. The summed E-state index contributed by atoms with van der Waals surface area (Å²) in [5.74, 6) is 0.700. The van der Waals surface area contributed by atoms with Crippen LogP contribution in [0.4, 0.5) is 0 Å². The lowest BCUT2D eigenvalue weighted by molar-refractivity contribution is 0.590. The molecule has 1 unspecified atom stereocenters. The van der Waals surface area contributed by atoms with Crippen LogP contribution in [0.1, 0.15) is 66.0 Å². The number of fused-ring (bicyclic) bond motifs is 1. The number of hydrogen-bond acceptors (Lipinski definition) is 1. The van der Waals surface area contributed by atoms with Gasteiger partial charge in [0.1, 0.15) is 0 Å². The van der Waals surface area contributed by atoms with Gasteiger partial charge in [-0.1, -0.05) is 55.1 Å². The average molecular weight is 488 g/mol. The fourth-order valence-corrected chi connectivity index (χ4v) is 5.16. The molecule has 2 aromatic rings. The van der Waals surface area contributed by atoms with E-state index in [1.165, 1.54) is 56.2 Å². The predicted molar refractivity (Wildman–Crippen MR) is 131 cm³/mol. The van der Waals surface area contributed by atoms with Crippen LogP contribution >= 0.6 is 34.4 Å². The number of rotatable bonds is 5. The Morgan fingerprint density at radius 2 is 2.00 bits per heavy atom. The van der Waals surface area contributed by atoms with Crippen molar-refractivity contribution in [1.82, 2.24) is 0 Å². The molecule has 2 heteroatoms. The van der Waals surface area contributed by atoms with Crippen LogP contribution in [0.3, 0.4) is 0 Å². The van der Waals surface area contributed by atoms with E-state index in [0.717, 1.165) is 11.3 Å². The van der Waals surface area contributed by atoms with E-state index in [9.17, 15) is 0 Å². The lowest BCUT2D eigenvalue weighted by Crippen LogP contribution is -2.07. The summed E-state index contributed by atoms with van der Waals surface area (Å²) in [5, 5.41) is 2.27. The molecule has 27 heavy (non-hydrogen) atoms. The van der Waals surface area contributed by atoms with Crippen molar-refractivity contribution >= 4 is 39.3 Å². The maximum Gasteiger partial charge on any atom is 0.0162 e. The molecular formula is C25H29IS. The largest absolute Gasteiger partial charge is 0.0981 e. The molecule has 0 radical (unpaired) electrons. The number of aryl methyl sites for hydroxylation is 3. The van der Waals surface area contributed by atoms with E-state index in [-0.39, 0.29) is 0 Å². The number of halogens is 1. The van der Waals surface area contributed by atoms with Crippen molar-refractivity contribution in [3.63, 3.8) is 0 Å². The summed E-state index contributed by atoms with van der Waals surface area (Å²) in [6, 6.07) is 11.6. The van der Waals surface area contributed by atoms with E-state index in [4.69, 9.17) is 0 Å². The van der Waals surface area contributed by atoms with Gasteiger partial charge in [-0.15, -0.1) is 0 Å². The van der Waals surface area contributed by atoms with Gasteiger partial charge in [-0.05, 0) is 120 Å². The molecule has 0 nitrogen and oxygen atoms in total. The number of benzene rings is 2. The van der Waals surface area contributed by atoms with Gasteiger partial charge in [0, 0.05) is 8.48 Å². The van der Waals surface area contributed by atoms with Crippen LogP contribution in [0, 0.1) is 17.4 Å². The third-order valence-electron chi connectivity index (χ3n) is 5.57. The Bertz CT molecular complexity index is 891. The lowest BCUT2D eigenvalue weighted by Gasteiger charge is -2.23. The lowest BCUT2D eigenvalue weighted by atomic mass is 9.83. The fourth-order valence-electron chi connectivity index (χ4n) is 3.84. The van der Waals surface area contributed by atoms with Crippen molar-refractivity contribution in [2.45, 2.75) is 59.3 Å². The Morgan fingerprint density at radius 3 is 2.78 bits per heavy atom. The Morgan fingerprint density at radius 1 is 1.22 bits per heavy atom. The van der Waals surface area contributed by atoms with Crippen molar-refractivity contribution < 1.29 is 0 Å². The highest BCUT2D eigenvalue weighted by Crippen LogP contribution is 2.35. The quantitative estimate of drug-likeness (QED) is 0.382. The first-order chi connectivity index (χ1) is 12.8. The molecule has 1 atom stereocenters. The van der Waals surface area contributed by atoms with E-state index >= 15 is 0 Å². The Kier molecular flexibility index (Phi) is 6.91. The molecule has 0 heterocycles. The van der Waals surface area contributed by atoms with Gasteiger partial charge in [0.25, 0.3) is 0 Å². The summed E-state index contributed by atoms with van der Waals surface area (Å²) < 4.78 is 1.35. The minimum atomic E-state index is 0.700. The van der Waals surface area contributed by atoms with Gasteiger partial charge in [0.2, 0.25) is 0 Å². The average Bonchev–Trinajstić information content (AvgIpc) is 2.64. The summed E-state index contributed by atoms with van der Waals surface area (Å²) in [6.45, 7) is 13.3. The molecule has 1 aliphatic carbocycles. The normalized spacial score (nSPS) is 16.9. The molecule has 0 aliphatic heterocycles. The molecule has 0 N–H and O–H groups in total. The summed E-state index contributed by atoms with van der Waals surface area (Å²) in [5.41, 5.74) is 9.90. The maximum absolute atomic E-state index is 4.33. The monoisotopic (exact) mass is 488 g/mol. The summed E-state index contributed by atoms with van der Waals surface area (Å²) >= 11 is 4.18. The van der Waals surface area contributed by atoms with Crippen LogP contribution in [-0.2, 0) is 12.8 Å². The Labute approximate surface area is 182 Å². The van der Waals surface area contributed by atoms with Crippen molar-refractivity contribution in [3.8, 4) is 0 Å².